The molecule has 0 atom stereocenters. The molecule has 2 N–H and O–H groups in total. The Morgan fingerprint density at radius 2 is 1.53 bits per heavy atom. The van der Waals surface area contributed by atoms with Gasteiger partial charge in [0, 0.05) is 4.47 Å². The molecule has 0 aliphatic rings. The maximum absolute atomic E-state index is 10.8. The van der Waals surface area contributed by atoms with Crippen LogP contribution in [-0.2, 0) is 20.2 Å². The summed E-state index contributed by atoms with van der Waals surface area (Å²) in [6, 6.07) is 2.73. The van der Waals surface area contributed by atoms with Crippen molar-refractivity contribution in [2.45, 2.75) is 9.79 Å². The highest BCUT2D eigenvalue weighted by molar-refractivity contribution is 9.10. The van der Waals surface area contributed by atoms with Crippen molar-refractivity contribution in [2.24, 2.45) is 0 Å². The minimum absolute atomic E-state index is 0.00241. The van der Waals surface area contributed by atoms with Crippen molar-refractivity contribution in [3.8, 4) is 0 Å². The van der Waals surface area contributed by atoms with Gasteiger partial charge in [-0.3, -0.25) is 9.11 Å². The van der Waals surface area contributed by atoms with Crippen molar-refractivity contribution < 1.29 is 25.9 Å². The molecule has 0 bridgehead atoms. The molecule has 0 aromatic heterocycles. The second-order valence-corrected chi connectivity index (χ2v) is 6.21. The van der Waals surface area contributed by atoms with Crippen LogP contribution in [0.2, 0.25) is 0 Å². The second-order valence-electron chi connectivity index (χ2n) is 2.54. The van der Waals surface area contributed by atoms with Gasteiger partial charge in [-0.15, -0.1) is 0 Å². The topological polar surface area (TPSA) is 109 Å². The van der Waals surface area contributed by atoms with E-state index in [0.717, 1.165) is 12.1 Å². The molecule has 0 amide bonds. The lowest BCUT2D eigenvalue weighted by atomic mass is 10.4. The first-order valence-electron chi connectivity index (χ1n) is 3.37. The molecule has 0 unspecified atom stereocenters. The third-order valence-electron chi connectivity index (χ3n) is 1.48. The molecule has 1 rings (SSSR count). The molecule has 0 aliphatic carbocycles. The summed E-state index contributed by atoms with van der Waals surface area (Å²) in [5, 5.41) is 0. The Morgan fingerprint density at radius 3 is 1.93 bits per heavy atom. The molecule has 0 aliphatic heterocycles. The van der Waals surface area contributed by atoms with Crippen molar-refractivity contribution in [1.29, 1.82) is 0 Å². The maximum Gasteiger partial charge on any atom is 0.295 e. The summed E-state index contributed by atoms with van der Waals surface area (Å²) in [5.41, 5.74) is 0. The smallest absolute Gasteiger partial charge is 0.282 e. The number of hydrogen-bond donors (Lipinski definition) is 2. The lowest BCUT2D eigenvalue weighted by Gasteiger charge is -2.02. The Balaban J connectivity index is 3.57. The molecule has 1 aromatic carbocycles. The second kappa shape index (κ2) is 3.83. The average molecular weight is 317 g/mol. The van der Waals surface area contributed by atoms with Crippen molar-refractivity contribution in [3.63, 3.8) is 0 Å². The summed E-state index contributed by atoms with van der Waals surface area (Å²) in [5.74, 6) is 0. The van der Waals surface area contributed by atoms with E-state index in [1.807, 2.05) is 0 Å². The molecule has 0 fully saturated rings. The Bertz CT molecular complexity index is 588. The Labute approximate surface area is 94.6 Å². The van der Waals surface area contributed by atoms with E-state index in [0.29, 0.717) is 6.07 Å². The largest absolute Gasteiger partial charge is 0.295 e. The highest BCUT2D eigenvalue weighted by Gasteiger charge is 2.18. The molecule has 9 heteroatoms. The standard InChI is InChI=1S/C6H5BrO6S2/c7-5-2-1-4(14(8,9)10)3-6(5)15(11,12)13/h1-3H,(H,8,9,10)(H,11,12,13). The zero-order chi connectivity index (χ0) is 11.9. The van der Waals surface area contributed by atoms with Gasteiger partial charge in [0.05, 0.1) is 4.90 Å². The van der Waals surface area contributed by atoms with Crippen LogP contribution in [0.3, 0.4) is 0 Å². The van der Waals surface area contributed by atoms with Gasteiger partial charge in [0.1, 0.15) is 4.90 Å². The third kappa shape index (κ3) is 2.98. The molecule has 0 radical (unpaired) electrons. The zero-order valence-corrected chi connectivity index (χ0v) is 10.2. The van der Waals surface area contributed by atoms with E-state index in [1.165, 1.54) is 0 Å². The van der Waals surface area contributed by atoms with Crippen LogP contribution in [0.4, 0.5) is 0 Å². The van der Waals surface area contributed by atoms with Crippen LogP contribution >= 0.6 is 15.9 Å². The molecule has 0 spiro atoms. The fourth-order valence-corrected chi connectivity index (χ4v) is 2.87. The van der Waals surface area contributed by atoms with E-state index in [-0.39, 0.29) is 4.47 Å². The number of halogens is 1. The number of hydrogen-bond acceptors (Lipinski definition) is 4. The molecule has 0 saturated heterocycles. The Morgan fingerprint density at radius 1 is 1.00 bits per heavy atom. The maximum atomic E-state index is 10.8. The van der Waals surface area contributed by atoms with Gasteiger partial charge in [0.25, 0.3) is 20.2 Å². The van der Waals surface area contributed by atoms with E-state index in [4.69, 9.17) is 9.11 Å². The molecule has 0 heterocycles. The van der Waals surface area contributed by atoms with Gasteiger partial charge >= 0.3 is 0 Å². The van der Waals surface area contributed by atoms with E-state index >= 15 is 0 Å². The predicted molar refractivity (Wildman–Crippen MR) is 53.8 cm³/mol. The fourth-order valence-electron chi connectivity index (χ4n) is 0.842. The quantitative estimate of drug-likeness (QED) is 0.786. The van der Waals surface area contributed by atoms with Crippen LogP contribution in [0, 0.1) is 0 Å². The fraction of sp³-hybridized carbons (Fsp3) is 0. The van der Waals surface area contributed by atoms with Crippen LogP contribution in [0.5, 0.6) is 0 Å². The first-order chi connectivity index (χ1) is 6.62. The molecule has 6 nitrogen and oxygen atoms in total. The van der Waals surface area contributed by atoms with Gasteiger partial charge in [0.15, 0.2) is 0 Å². The van der Waals surface area contributed by atoms with E-state index in [1.54, 1.807) is 0 Å². The molecule has 84 valence electrons. The molecular weight excluding hydrogens is 312 g/mol. The highest BCUT2D eigenvalue weighted by Crippen LogP contribution is 2.24. The first kappa shape index (κ1) is 12.6. The Hall–Kier alpha value is -0.480. The van der Waals surface area contributed by atoms with Gasteiger partial charge in [-0.1, -0.05) is 0 Å². The van der Waals surface area contributed by atoms with Crippen molar-refractivity contribution in [3.05, 3.63) is 22.7 Å². The Kier molecular flexibility index (Phi) is 3.22. The van der Waals surface area contributed by atoms with Crippen LogP contribution < -0.4 is 0 Å². The summed E-state index contributed by atoms with van der Waals surface area (Å²) < 4.78 is 60.3. The predicted octanol–water partition coefficient (Wildman–Crippen LogP) is 0.943. The van der Waals surface area contributed by atoms with E-state index < -0.39 is 30.0 Å². The first-order valence-corrected chi connectivity index (χ1v) is 7.04. The normalized spacial score (nSPS) is 12.7. The summed E-state index contributed by atoms with van der Waals surface area (Å²) >= 11 is 2.82. The monoisotopic (exact) mass is 316 g/mol. The summed E-state index contributed by atoms with van der Waals surface area (Å²) in [6.45, 7) is 0. The van der Waals surface area contributed by atoms with Crippen molar-refractivity contribution in [2.75, 3.05) is 0 Å². The zero-order valence-electron chi connectivity index (χ0n) is 6.95. The van der Waals surface area contributed by atoms with Crippen LogP contribution in [0.1, 0.15) is 0 Å². The van der Waals surface area contributed by atoms with E-state index in [9.17, 15) is 16.8 Å². The summed E-state index contributed by atoms with van der Waals surface area (Å²) in [4.78, 5) is -1.24. The van der Waals surface area contributed by atoms with Crippen molar-refractivity contribution in [1.82, 2.24) is 0 Å². The van der Waals surface area contributed by atoms with Gasteiger partial charge in [-0.2, -0.15) is 16.8 Å². The molecule has 15 heavy (non-hydrogen) atoms. The van der Waals surface area contributed by atoms with Crippen LogP contribution in [0.25, 0.3) is 0 Å². The summed E-state index contributed by atoms with van der Waals surface area (Å²) in [7, 11) is -9.04. The van der Waals surface area contributed by atoms with Gasteiger partial charge < -0.3 is 0 Å². The lowest BCUT2D eigenvalue weighted by Crippen LogP contribution is -2.03. The number of rotatable bonds is 2. The summed E-state index contributed by atoms with van der Waals surface area (Å²) in [6.07, 6.45) is 0. The van der Waals surface area contributed by atoms with Crippen LogP contribution in [0.15, 0.2) is 32.5 Å². The molecule has 0 saturated carbocycles. The highest BCUT2D eigenvalue weighted by atomic mass is 79.9. The van der Waals surface area contributed by atoms with Gasteiger partial charge in [-0.05, 0) is 34.1 Å². The number of benzene rings is 1. The minimum Gasteiger partial charge on any atom is -0.282 e. The average Bonchev–Trinajstić information content (AvgIpc) is 2.00. The minimum atomic E-state index is -4.54. The van der Waals surface area contributed by atoms with Gasteiger partial charge in [0.2, 0.25) is 0 Å². The SMILES string of the molecule is O=S(=O)(O)c1ccc(Br)c(S(=O)(=O)O)c1. The van der Waals surface area contributed by atoms with Gasteiger partial charge in [-0.25, -0.2) is 0 Å². The van der Waals surface area contributed by atoms with E-state index in [2.05, 4.69) is 15.9 Å². The molecular formula is C6H5BrO6S2. The third-order valence-corrected chi connectivity index (χ3v) is 4.18. The van der Waals surface area contributed by atoms with Crippen molar-refractivity contribution >= 4 is 36.2 Å². The van der Waals surface area contributed by atoms with Crippen LogP contribution in [-0.4, -0.2) is 25.9 Å². The lowest BCUT2D eigenvalue weighted by molar-refractivity contribution is 0.480. The molecule has 1 aromatic rings.